The summed E-state index contributed by atoms with van der Waals surface area (Å²) in [6.45, 7) is 3.96. The Morgan fingerprint density at radius 3 is 2.27 bits per heavy atom. The first-order valence-corrected chi connectivity index (χ1v) is 3.40. The summed E-state index contributed by atoms with van der Waals surface area (Å²) >= 11 is 0. The molecule has 0 bridgehead atoms. The molecule has 2 N–H and O–H groups in total. The minimum Gasteiger partial charge on any atom is -0.469 e. The summed E-state index contributed by atoms with van der Waals surface area (Å²) in [5.41, 5.74) is 5.59. The predicted molar refractivity (Wildman–Crippen MR) is 46.7 cm³/mol. The molecule has 3 nitrogen and oxygen atoms in total. The number of methoxy groups -OCH3 is 1. The number of ether oxygens (including phenoxy) is 1. The molecule has 0 unspecified atom stereocenters. The Hall–Kier alpha value is -0.280. The van der Waals surface area contributed by atoms with Crippen LogP contribution in [0.2, 0.25) is 0 Å². The minimum absolute atomic E-state index is 0. The molecule has 0 aromatic heterocycles. The van der Waals surface area contributed by atoms with Gasteiger partial charge >= 0.3 is 5.97 Å². The highest BCUT2D eigenvalue weighted by molar-refractivity contribution is 5.85. The van der Waals surface area contributed by atoms with Crippen LogP contribution in [-0.4, -0.2) is 19.1 Å². The predicted octanol–water partition coefficient (Wildman–Crippen LogP) is 0.955. The van der Waals surface area contributed by atoms with E-state index in [4.69, 9.17) is 5.73 Å². The summed E-state index contributed by atoms with van der Waals surface area (Å²) in [7, 11) is 1.37. The fourth-order valence-electron chi connectivity index (χ4n) is 0.511. The average molecular weight is 182 g/mol. The van der Waals surface area contributed by atoms with Gasteiger partial charge < -0.3 is 10.5 Å². The fraction of sp³-hybridized carbons (Fsp3) is 0.857. The number of carbonyl (C=O) groups excluding carboxylic acids is 1. The Labute approximate surface area is 73.7 Å². The quantitative estimate of drug-likeness (QED) is 0.660. The van der Waals surface area contributed by atoms with Gasteiger partial charge in [0, 0.05) is 6.04 Å². The van der Waals surface area contributed by atoms with Gasteiger partial charge in [0.2, 0.25) is 0 Å². The molecule has 0 aliphatic rings. The van der Waals surface area contributed by atoms with Gasteiger partial charge in [0.1, 0.15) is 0 Å². The van der Waals surface area contributed by atoms with Gasteiger partial charge in [-0.1, -0.05) is 13.8 Å². The highest BCUT2D eigenvalue weighted by Gasteiger charge is 2.12. The molecule has 68 valence electrons. The molecule has 0 heterocycles. The van der Waals surface area contributed by atoms with Crippen molar-refractivity contribution in [2.75, 3.05) is 7.11 Å². The molecule has 11 heavy (non-hydrogen) atoms. The number of carbonyl (C=O) groups is 1. The smallest absolute Gasteiger partial charge is 0.307 e. The number of rotatable bonds is 3. The molecule has 0 fully saturated rings. The van der Waals surface area contributed by atoms with E-state index in [2.05, 4.69) is 4.74 Å². The summed E-state index contributed by atoms with van der Waals surface area (Å²) in [6, 6.07) is -0.0764. The number of esters is 1. The molecule has 0 radical (unpaired) electrons. The Balaban J connectivity index is 0. The first-order chi connectivity index (χ1) is 4.57. The molecule has 0 aromatic carbocycles. The molecule has 0 amide bonds. The van der Waals surface area contributed by atoms with Crippen LogP contribution in [0, 0.1) is 5.92 Å². The molecule has 0 saturated carbocycles. The van der Waals surface area contributed by atoms with Crippen LogP contribution in [0.5, 0.6) is 0 Å². The van der Waals surface area contributed by atoms with E-state index >= 15 is 0 Å². The van der Waals surface area contributed by atoms with Crippen molar-refractivity contribution in [1.29, 1.82) is 0 Å². The standard InChI is InChI=1S/C7H15NO2.ClH/c1-5(2)6(8)4-7(9)10-3;/h5-6H,4,8H2,1-3H3;1H/t6-;/m0./s1. The summed E-state index contributed by atoms with van der Waals surface area (Å²) in [6.07, 6.45) is 0.314. The maximum absolute atomic E-state index is 10.6. The zero-order valence-electron chi connectivity index (χ0n) is 7.16. The Bertz CT molecular complexity index is 117. The number of hydrogen-bond donors (Lipinski definition) is 1. The van der Waals surface area contributed by atoms with Gasteiger partial charge in [0.25, 0.3) is 0 Å². The van der Waals surface area contributed by atoms with Crippen LogP contribution < -0.4 is 5.73 Å². The van der Waals surface area contributed by atoms with E-state index in [1.165, 1.54) is 7.11 Å². The highest BCUT2D eigenvalue weighted by Crippen LogP contribution is 2.02. The molecule has 0 saturated heterocycles. The Kier molecular flexibility index (Phi) is 7.79. The fourth-order valence-corrected chi connectivity index (χ4v) is 0.511. The van der Waals surface area contributed by atoms with Gasteiger partial charge in [0.05, 0.1) is 13.5 Å². The topological polar surface area (TPSA) is 52.3 Å². The van der Waals surface area contributed by atoms with Crippen molar-refractivity contribution in [3.63, 3.8) is 0 Å². The summed E-state index contributed by atoms with van der Waals surface area (Å²) in [5.74, 6) is 0.0975. The summed E-state index contributed by atoms with van der Waals surface area (Å²) in [5, 5.41) is 0. The maximum Gasteiger partial charge on any atom is 0.307 e. The van der Waals surface area contributed by atoms with Crippen molar-refractivity contribution in [2.45, 2.75) is 26.3 Å². The number of nitrogens with two attached hydrogens (primary N) is 1. The lowest BCUT2D eigenvalue weighted by Gasteiger charge is -2.12. The van der Waals surface area contributed by atoms with E-state index in [9.17, 15) is 4.79 Å². The second-order valence-electron chi connectivity index (χ2n) is 2.69. The van der Waals surface area contributed by atoms with Crippen molar-refractivity contribution in [2.24, 2.45) is 11.7 Å². The first-order valence-electron chi connectivity index (χ1n) is 3.40. The third-order valence-electron chi connectivity index (χ3n) is 1.49. The normalized spacial score (nSPS) is 12.1. The van der Waals surface area contributed by atoms with E-state index in [0.29, 0.717) is 12.3 Å². The lowest BCUT2D eigenvalue weighted by Crippen LogP contribution is -2.29. The van der Waals surface area contributed by atoms with Crippen molar-refractivity contribution in [3.8, 4) is 0 Å². The van der Waals surface area contributed by atoms with E-state index in [1.807, 2.05) is 13.8 Å². The lowest BCUT2D eigenvalue weighted by molar-refractivity contribution is -0.141. The Morgan fingerprint density at radius 1 is 1.55 bits per heavy atom. The largest absolute Gasteiger partial charge is 0.469 e. The van der Waals surface area contributed by atoms with Crippen molar-refractivity contribution in [3.05, 3.63) is 0 Å². The SMILES string of the molecule is COC(=O)C[C@H](N)C(C)C.Cl. The van der Waals surface area contributed by atoms with Crippen LogP contribution in [0.3, 0.4) is 0 Å². The van der Waals surface area contributed by atoms with Crippen LogP contribution in [0.25, 0.3) is 0 Å². The lowest BCUT2D eigenvalue weighted by atomic mass is 10.0. The number of hydrogen-bond acceptors (Lipinski definition) is 3. The first kappa shape index (κ1) is 13.3. The van der Waals surface area contributed by atoms with Crippen LogP contribution in [0.1, 0.15) is 20.3 Å². The van der Waals surface area contributed by atoms with Gasteiger partial charge in [-0.2, -0.15) is 0 Å². The number of halogens is 1. The van der Waals surface area contributed by atoms with Gasteiger partial charge in [-0.25, -0.2) is 0 Å². The molecule has 4 heteroatoms. The van der Waals surface area contributed by atoms with Crippen molar-refractivity contribution in [1.82, 2.24) is 0 Å². The molecule has 0 spiro atoms. The van der Waals surface area contributed by atoms with Crippen molar-refractivity contribution < 1.29 is 9.53 Å². The van der Waals surface area contributed by atoms with Gasteiger partial charge in [0.15, 0.2) is 0 Å². The monoisotopic (exact) mass is 181 g/mol. The third kappa shape index (κ3) is 6.13. The second-order valence-corrected chi connectivity index (χ2v) is 2.69. The molecular formula is C7H16ClNO2. The van der Waals surface area contributed by atoms with E-state index < -0.39 is 0 Å². The van der Waals surface area contributed by atoms with E-state index in [1.54, 1.807) is 0 Å². The molecular weight excluding hydrogens is 166 g/mol. The minimum atomic E-state index is -0.235. The summed E-state index contributed by atoms with van der Waals surface area (Å²) < 4.78 is 4.45. The van der Waals surface area contributed by atoms with Crippen LogP contribution >= 0.6 is 12.4 Å². The zero-order valence-corrected chi connectivity index (χ0v) is 7.98. The zero-order chi connectivity index (χ0) is 8.15. The van der Waals surface area contributed by atoms with Gasteiger partial charge in [-0.3, -0.25) is 4.79 Å². The summed E-state index contributed by atoms with van der Waals surface area (Å²) in [4.78, 5) is 10.6. The van der Waals surface area contributed by atoms with Crippen LogP contribution in [0.4, 0.5) is 0 Å². The van der Waals surface area contributed by atoms with Gasteiger partial charge in [-0.15, -0.1) is 12.4 Å². The molecule has 1 atom stereocenters. The third-order valence-corrected chi connectivity index (χ3v) is 1.49. The molecule has 0 aromatic rings. The van der Waals surface area contributed by atoms with Crippen LogP contribution in [0.15, 0.2) is 0 Å². The highest BCUT2D eigenvalue weighted by atomic mass is 35.5. The van der Waals surface area contributed by atoms with E-state index in [-0.39, 0.29) is 24.4 Å². The van der Waals surface area contributed by atoms with Crippen molar-refractivity contribution >= 4 is 18.4 Å². The average Bonchev–Trinajstić information content (AvgIpc) is 1.87. The Morgan fingerprint density at radius 2 is 2.00 bits per heavy atom. The van der Waals surface area contributed by atoms with Crippen LogP contribution in [-0.2, 0) is 9.53 Å². The van der Waals surface area contributed by atoms with E-state index in [0.717, 1.165) is 0 Å². The molecule has 0 aliphatic carbocycles. The molecule has 0 aliphatic heterocycles. The van der Waals surface area contributed by atoms with Gasteiger partial charge in [-0.05, 0) is 5.92 Å². The maximum atomic E-state index is 10.6. The molecule has 0 rings (SSSR count). The second kappa shape index (κ2) is 6.43.